The number of hydrogen-bond donors (Lipinski definition) is 1. The maximum Gasteiger partial charge on any atom is 0.336 e. The normalized spacial score (nSPS) is 10.6. The molecule has 2 heterocycles. The fourth-order valence-electron chi connectivity index (χ4n) is 2.75. The van der Waals surface area contributed by atoms with Crippen LogP contribution in [0.25, 0.3) is 16.4 Å². The van der Waals surface area contributed by atoms with Gasteiger partial charge in [0.25, 0.3) is 5.91 Å². The third-order valence-electron chi connectivity index (χ3n) is 4.17. The van der Waals surface area contributed by atoms with Crippen molar-refractivity contribution in [1.29, 1.82) is 0 Å². The maximum absolute atomic E-state index is 12.5. The van der Waals surface area contributed by atoms with E-state index in [4.69, 9.17) is 4.74 Å². The Bertz CT molecular complexity index is 1100. The van der Waals surface area contributed by atoms with Crippen molar-refractivity contribution in [3.8, 4) is 22.4 Å². The van der Waals surface area contributed by atoms with E-state index in [0.717, 1.165) is 16.1 Å². The molecule has 0 aliphatic carbocycles. The lowest BCUT2D eigenvalue weighted by atomic mass is 10.1. The van der Waals surface area contributed by atoms with E-state index in [1.165, 1.54) is 7.11 Å². The zero-order valence-corrected chi connectivity index (χ0v) is 16.2. The molecule has 0 fully saturated rings. The minimum atomic E-state index is -0.160. The lowest BCUT2D eigenvalue weighted by molar-refractivity contribution is 0.102. The molecule has 140 valence electrons. The molecule has 0 aliphatic heterocycles. The number of aryl methyl sites for hydroxylation is 1. The molecular formula is C21H18N4O2S. The van der Waals surface area contributed by atoms with Gasteiger partial charge in [-0.3, -0.25) is 4.79 Å². The second-order valence-corrected chi connectivity index (χ2v) is 7.13. The minimum Gasteiger partial charge on any atom is -0.466 e. The van der Waals surface area contributed by atoms with Crippen molar-refractivity contribution in [3.05, 3.63) is 77.2 Å². The van der Waals surface area contributed by atoms with E-state index < -0.39 is 0 Å². The number of carbonyl (C=O) groups excluding carboxylic acids is 1. The number of anilines is 1. The van der Waals surface area contributed by atoms with Crippen molar-refractivity contribution in [1.82, 2.24) is 14.8 Å². The van der Waals surface area contributed by atoms with Gasteiger partial charge in [-0.15, -0.1) is 16.4 Å². The van der Waals surface area contributed by atoms with Gasteiger partial charge in [-0.2, -0.15) is 4.98 Å². The summed E-state index contributed by atoms with van der Waals surface area (Å²) in [4.78, 5) is 17.9. The Morgan fingerprint density at radius 2 is 1.93 bits per heavy atom. The predicted octanol–water partition coefficient (Wildman–Crippen LogP) is 4.57. The van der Waals surface area contributed by atoms with Crippen LogP contribution < -0.4 is 10.1 Å². The molecule has 0 aliphatic rings. The lowest BCUT2D eigenvalue weighted by Gasteiger charge is -2.09. The van der Waals surface area contributed by atoms with Crippen LogP contribution in [0.15, 0.2) is 66.0 Å². The number of nitrogens with zero attached hydrogens (tertiary/aromatic N) is 3. The Morgan fingerprint density at radius 1 is 1.11 bits per heavy atom. The number of aromatic nitrogens is 3. The molecule has 7 heteroatoms. The van der Waals surface area contributed by atoms with Crippen molar-refractivity contribution in [3.63, 3.8) is 0 Å². The van der Waals surface area contributed by atoms with Crippen LogP contribution in [0.2, 0.25) is 0 Å². The minimum absolute atomic E-state index is 0.160. The van der Waals surface area contributed by atoms with Gasteiger partial charge in [0.15, 0.2) is 5.82 Å². The van der Waals surface area contributed by atoms with Crippen LogP contribution in [0.5, 0.6) is 6.01 Å². The van der Waals surface area contributed by atoms with Crippen LogP contribution in [0.4, 0.5) is 5.69 Å². The first-order valence-electron chi connectivity index (χ1n) is 8.67. The standard InChI is InChI=1S/C21H18N4O2S/c1-14-8-10-15(11-9-14)20(26)22-16-5-3-6-17(13-16)25-19(18-7-4-12-28-18)23-21(24-25)27-2/h3-13H,1-2H3,(H,22,26). The maximum atomic E-state index is 12.5. The molecule has 4 rings (SSSR count). The predicted molar refractivity (Wildman–Crippen MR) is 110 cm³/mol. The number of amides is 1. The van der Waals surface area contributed by atoms with Gasteiger partial charge in [0.2, 0.25) is 0 Å². The van der Waals surface area contributed by atoms with Crippen LogP contribution in [-0.4, -0.2) is 27.8 Å². The van der Waals surface area contributed by atoms with E-state index >= 15 is 0 Å². The Hall–Kier alpha value is -3.45. The van der Waals surface area contributed by atoms with Crippen LogP contribution in [0.1, 0.15) is 15.9 Å². The third kappa shape index (κ3) is 3.65. The van der Waals surface area contributed by atoms with E-state index in [1.54, 1.807) is 16.0 Å². The highest BCUT2D eigenvalue weighted by atomic mass is 32.1. The number of carbonyl (C=O) groups is 1. The summed E-state index contributed by atoms with van der Waals surface area (Å²) in [5, 5.41) is 9.34. The number of nitrogens with one attached hydrogen (secondary N) is 1. The summed E-state index contributed by atoms with van der Waals surface area (Å²) >= 11 is 1.57. The Kier molecular flexibility index (Phi) is 4.90. The summed E-state index contributed by atoms with van der Waals surface area (Å²) in [7, 11) is 1.54. The van der Waals surface area contributed by atoms with Crippen LogP contribution >= 0.6 is 11.3 Å². The number of ether oxygens (including phenoxy) is 1. The van der Waals surface area contributed by atoms with E-state index in [0.29, 0.717) is 17.1 Å². The highest BCUT2D eigenvalue weighted by molar-refractivity contribution is 7.13. The summed E-state index contributed by atoms with van der Waals surface area (Å²) in [6, 6.07) is 19.2. The quantitative estimate of drug-likeness (QED) is 0.542. The molecule has 0 saturated carbocycles. The van der Waals surface area contributed by atoms with Gasteiger partial charge in [-0.25, -0.2) is 4.68 Å². The van der Waals surface area contributed by atoms with E-state index in [2.05, 4.69) is 15.4 Å². The van der Waals surface area contributed by atoms with Crippen molar-refractivity contribution < 1.29 is 9.53 Å². The summed E-state index contributed by atoms with van der Waals surface area (Å²) in [5.74, 6) is 0.528. The van der Waals surface area contributed by atoms with Gasteiger partial charge in [-0.05, 0) is 48.7 Å². The van der Waals surface area contributed by atoms with Crippen molar-refractivity contribution in [2.24, 2.45) is 0 Å². The van der Waals surface area contributed by atoms with Gasteiger partial charge in [0.1, 0.15) is 0 Å². The molecule has 0 bridgehead atoms. The molecule has 0 unspecified atom stereocenters. The topological polar surface area (TPSA) is 69.0 Å². The highest BCUT2D eigenvalue weighted by Gasteiger charge is 2.15. The lowest BCUT2D eigenvalue weighted by Crippen LogP contribution is -2.12. The molecule has 1 amide bonds. The van der Waals surface area contributed by atoms with Gasteiger partial charge in [0, 0.05) is 11.3 Å². The van der Waals surface area contributed by atoms with Crippen molar-refractivity contribution >= 4 is 22.9 Å². The SMILES string of the molecule is COc1nc(-c2cccs2)n(-c2cccc(NC(=O)c3ccc(C)cc3)c2)n1. The van der Waals surface area contributed by atoms with Gasteiger partial charge >= 0.3 is 6.01 Å². The van der Waals surface area contributed by atoms with Crippen LogP contribution in [0, 0.1) is 6.92 Å². The van der Waals surface area contributed by atoms with E-state index in [9.17, 15) is 4.79 Å². The number of benzene rings is 2. The molecule has 6 nitrogen and oxygen atoms in total. The summed E-state index contributed by atoms with van der Waals surface area (Å²) in [6.45, 7) is 1.99. The number of methoxy groups -OCH3 is 1. The second kappa shape index (κ2) is 7.66. The number of rotatable bonds is 5. The van der Waals surface area contributed by atoms with Gasteiger partial charge in [0.05, 0.1) is 17.7 Å². The van der Waals surface area contributed by atoms with Crippen molar-refractivity contribution in [2.75, 3.05) is 12.4 Å². The summed E-state index contributed by atoms with van der Waals surface area (Å²) < 4.78 is 6.92. The largest absolute Gasteiger partial charge is 0.466 e. The third-order valence-corrected chi connectivity index (χ3v) is 5.04. The number of hydrogen-bond acceptors (Lipinski definition) is 5. The molecule has 2 aromatic heterocycles. The average molecular weight is 390 g/mol. The summed E-state index contributed by atoms with van der Waals surface area (Å²) in [6.07, 6.45) is 0. The van der Waals surface area contributed by atoms with E-state index in [-0.39, 0.29) is 11.9 Å². The Balaban J connectivity index is 1.65. The Labute approximate surface area is 166 Å². The molecule has 2 aromatic carbocycles. The molecule has 28 heavy (non-hydrogen) atoms. The molecule has 0 radical (unpaired) electrons. The van der Waals surface area contributed by atoms with Gasteiger partial charge in [-0.1, -0.05) is 29.8 Å². The number of thiophene rings is 1. The van der Waals surface area contributed by atoms with Gasteiger partial charge < -0.3 is 10.1 Å². The second-order valence-electron chi connectivity index (χ2n) is 6.18. The fourth-order valence-corrected chi connectivity index (χ4v) is 3.45. The molecule has 1 N–H and O–H groups in total. The first-order valence-corrected chi connectivity index (χ1v) is 9.55. The molecule has 0 saturated heterocycles. The average Bonchev–Trinajstić information content (AvgIpc) is 3.38. The first-order chi connectivity index (χ1) is 13.6. The van der Waals surface area contributed by atoms with Crippen LogP contribution in [-0.2, 0) is 0 Å². The van der Waals surface area contributed by atoms with Crippen molar-refractivity contribution in [2.45, 2.75) is 6.92 Å². The molecule has 4 aromatic rings. The molecule has 0 atom stereocenters. The monoisotopic (exact) mass is 390 g/mol. The Morgan fingerprint density at radius 3 is 2.64 bits per heavy atom. The highest BCUT2D eigenvalue weighted by Crippen LogP contribution is 2.28. The molecular weight excluding hydrogens is 372 g/mol. The fraction of sp³-hybridized carbons (Fsp3) is 0.0952. The molecule has 0 spiro atoms. The summed E-state index contributed by atoms with van der Waals surface area (Å²) in [5.41, 5.74) is 3.17. The first kappa shape index (κ1) is 17.9. The van der Waals surface area contributed by atoms with E-state index in [1.807, 2.05) is 73.0 Å². The smallest absolute Gasteiger partial charge is 0.336 e. The zero-order chi connectivity index (χ0) is 19.5. The zero-order valence-electron chi connectivity index (χ0n) is 15.4. The van der Waals surface area contributed by atoms with Crippen LogP contribution in [0.3, 0.4) is 0 Å².